The molecule has 1 fully saturated rings. The SMILES string of the molecule is Cc1ccc2c(oc3ccccc32)c1C1C2CN(c3ccccc32)[C@@H]1C. The molecular formula is C24H21NO. The third kappa shape index (κ3) is 1.67. The standard InChI is InChI=1S/C24H21NO/c1-14-11-12-18-17-8-4-6-10-21(17)26-24(18)22(14)23-15(2)25-13-19(23)16-7-3-5-9-20(16)25/h3-12,15,19,23H,13H2,1-2H3/t15-,19?,23?/m1/s1. The van der Waals surface area contributed by atoms with Crippen LogP contribution in [0.4, 0.5) is 5.69 Å². The molecule has 2 unspecified atom stereocenters. The van der Waals surface area contributed by atoms with Crippen molar-refractivity contribution in [2.75, 3.05) is 11.4 Å². The van der Waals surface area contributed by atoms with Crippen LogP contribution in [0.1, 0.15) is 35.4 Å². The lowest BCUT2D eigenvalue weighted by Gasteiger charge is -2.33. The summed E-state index contributed by atoms with van der Waals surface area (Å²) in [6, 6.07) is 22.3. The van der Waals surface area contributed by atoms with Crippen LogP contribution in [0.2, 0.25) is 0 Å². The number of nitrogens with zero attached hydrogens (tertiary/aromatic N) is 1. The summed E-state index contributed by atoms with van der Waals surface area (Å²) in [7, 11) is 0. The molecule has 1 saturated heterocycles. The summed E-state index contributed by atoms with van der Waals surface area (Å²) < 4.78 is 6.40. The van der Waals surface area contributed by atoms with Crippen molar-refractivity contribution in [1.29, 1.82) is 0 Å². The lowest BCUT2D eigenvalue weighted by atomic mass is 9.77. The van der Waals surface area contributed by atoms with E-state index in [-0.39, 0.29) is 0 Å². The molecule has 3 atom stereocenters. The van der Waals surface area contributed by atoms with Gasteiger partial charge in [-0.1, -0.05) is 48.5 Å². The van der Waals surface area contributed by atoms with E-state index in [1.807, 2.05) is 0 Å². The zero-order chi connectivity index (χ0) is 17.4. The maximum atomic E-state index is 6.40. The number of benzene rings is 3. The molecule has 26 heavy (non-hydrogen) atoms. The Morgan fingerprint density at radius 1 is 0.923 bits per heavy atom. The molecule has 2 aliphatic rings. The monoisotopic (exact) mass is 339 g/mol. The van der Waals surface area contributed by atoms with Gasteiger partial charge in [-0.2, -0.15) is 0 Å². The zero-order valence-corrected chi connectivity index (χ0v) is 15.1. The number of anilines is 1. The van der Waals surface area contributed by atoms with Crippen molar-refractivity contribution in [1.82, 2.24) is 0 Å². The Kier molecular flexibility index (Phi) is 2.73. The van der Waals surface area contributed by atoms with Crippen LogP contribution in [0, 0.1) is 6.92 Å². The van der Waals surface area contributed by atoms with Gasteiger partial charge >= 0.3 is 0 Å². The third-order valence-electron chi connectivity index (χ3n) is 6.62. The third-order valence-corrected chi connectivity index (χ3v) is 6.62. The minimum Gasteiger partial charge on any atom is -0.456 e. The van der Waals surface area contributed by atoms with Gasteiger partial charge in [-0.15, -0.1) is 0 Å². The maximum Gasteiger partial charge on any atom is 0.139 e. The first kappa shape index (κ1) is 14.4. The number of hydrogen-bond donors (Lipinski definition) is 0. The summed E-state index contributed by atoms with van der Waals surface area (Å²) in [5, 5.41) is 2.47. The van der Waals surface area contributed by atoms with Crippen LogP contribution in [0.3, 0.4) is 0 Å². The highest BCUT2D eigenvalue weighted by molar-refractivity contribution is 6.06. The molecule has 2 aliphatic heterocycles. The van der Waals surface area contributed by atoms with E-state index < -0.39 is 0 Å². The Morgan fingerprint density at radius 3 is 2.65 bits per heavy atom. The molecule has 0 amide bonds. The first-order valence-electron chi connectivity index (χ1n) is 9.50. The van der Waals surface area contributed by atoms with Gasteiger partial charge in [0.2, 0.25) is 0 Å². The smallest absolute Gasteiger partial charge is 0.139 e. The highest BCUT2D eigenvalue weighted by atomic mass is 16.3. The zero-order valence-electron chi connectivity index (χ0n) is 15.1. The van der Waals surface area contributed by atoms with Gasteiger partial charge in [0.25, 0.3) is 0 Å². The van der Waals surface area contributed by atoms with E-state index >= 15 is 0 Å². The van der Waals surface area contributed by atoms with E-state index in [2.05, 4.69) is 79.4 Å². The van der Waals surface area contributed by atoms with Crippen molar-refractivity contribution in [2.24, 2.45) is 0 Å². The minimum absolute atomic E-state index is 0.481. The van der Waals surface area contributed by atoms with E-state index in [9.17, 15) is 0 Å². The first-order chi connectivity index (χ1) is 12.7. The summed E-state index contributed by atoms with van der Waals surface area (Å²) in [6.07, 6.45) is 0. The number of rotatable bonds is 1. The second-order valence-electron chi connectivity index (χ2n) is 7.86. The van der Waals surface area contributed by atoms with Crippen LogP contribution in [-0.2, 0) is 0 Å². The molecule has 0 saturated carbocycles. The van der Waals surface area contributed by atoms with Crippen molar-refractivity contribution < 1.29 is 4.42 Å². The Hall–Kier alpha value is -2.74. The van der Waals surface area contributed by atoms with Gasteiger partial charge in [0.05, 0.1) is 0 Å². The van der Waals surface area contributed by atoms with Crippen LogP contribution in [0.15, 0.2) is 65.1 Å². The quantitative estimate of drug-likeness (QED) is 0.424. The van der Waals surface area contributed by atoms with Gasteiger partial charge in [0.15, 0.2) is 0 Å². The predicted octanol–water partition coefficient (Wildman–Crippen LogP) is 5.98. The molecule has 3 heterocycles. The molecule has 0 aliphatic carbocycles. The predicted molar refractivity (Wildman–Crippen MR) is 107 cm³/mol. The number of para-hydroxylation sites is 2. The van der Waals surface area contributed by atoms with Crippen LogP contribution in [0.5, 0.6) is 0 Å². The van der Waals surface area contributed by atoms with Crippen LogP contribution in [-0.4, -0.2) is 12.6 Å². The molecule has 4 aromatic rings. The molecular weight excluding hydrogens is 318 g/mol. The number of aryl methyl sites for hydroxylation is 1. The fourth-order valence-corrected chi connectivity index (χ4v) is 5.46. The molecule has 0 spiro atoms. The van der Waals surface area contributed by atoms with Crippen molar-refractivity contribution >= 4 is 27.6 Å². The number of fused-ring (bicyclic) bond motifs is 8. The van der Waals surface area contributed by atoms with Gasteiger partial charge < -0.3 is 9.32 Å². The normalized spacial score (nSPS) is 23.9. The highest BCUT2D eigenvalue weighted by Crippen LogP contribution is 2.55. The summed E-state index contributed by atoms with van der Waals surface area (Å²) >= 11 is 0. The molecule has 2 heteroatoms. The molecule has 2 bridgehead atoms. The number of furan rings is 1. The average Bonchev–Trinajstić information content (AvgIpc) is 3.32. The molecule has 0 radical (unpaired) electrons. The van der Waals surface area contributed by atoms with Crippen LogP contribution >= 0.6 is 0 Å². The van der Waals surface area contributed by atoms with Gasteiger partial charge in [-0.25, -0.2) is 0 Å². The Labute approximate surface area is 153 Å². The number of hydrogen-bond acceptors (Lipinski definition) is 2. The van der Waals surface area contributed by atoms with Gasteiger partial charge in [-0.05, 0) is 37.1 Å². The Bertz CT molecular complexity index is 1170. The summed E-state index contributed by atoms with van der Waals surface area (Å²) in [5.41, 5.74) is 7.77. The lowest BCUT2D eigenvalue weighted by molar-refractivity contribution is 0.557. The van der Waals surface area contributed by atoms with E-state index in [0.29, 0.717) is 17.9 Å². The fraction of sp³-hybridized carbons (Fsp3) is 0.250. The molecule has 1 aromatic heterocycles. The maximum absolute atomic E-state index is 6.40. The van der Waals surface area contributed by atoms with Crippen molar-refractivity contribution in [2.45, 2.75) is 31.7 Å². The summed E-state index contributed by atoms with van der Waals surface area (Å²) in [6.45, 7) is 5.74. The van der Waals surface area contributed by atoms with E-state index in [1.54, 1.807) is 0 Å². The Balaban J connectivity index is 1.63. The van der Waals surface area contributed by atoms with Crippen molar-refractivity contribution in [3.05, 3.63) is 77.4 Å². The van der Waals surface area contributed by atoms with Crippen molar-refractivity contribution in [3.8, 4) is 0 Å². The van der Waals surface area contributed by atoms with E-state index in [1.165, 1.54) is 33.2 Å². The van der Waals surface area contributed by atoms with Gasteiger partial charge in [0, 0.05) is 46.4 Å². The molecule has 3 aromatic carbocycles. The van der Waals surface area contributed by atoms with E-state index in [4.69, 9.17) is 4.42 Å². The second-order valence-corrected chi connectivity index (χ2v) is 7.86. The van der Waals surface area contributed by atoms with Crippen LogP contribution < -0.4 is 4.90 Å². The topological polar surface area (TPSA) is 16.4 Å². The highest BCUT2D eigenvalue weighted by Gasteiger charge is 2.48. The van der Waals surface area contributed by atoms with Crippen molar-refractivity contribution in [3.63, 3.8) is 0 Å². The fourth-order valence-electron chi connectivity index (χ4n) is 5.46. The summed E-state index contributed by atoms with van der Waals surface area (Å²) in [4.78, 5) is 2.59. The second kappa shape index (κ2) is 4.91. The molecule has 128 valence electrons. The molecule has 0 N–H and O–H groups in total. The van der Waals surface area contributed by atoms with E-state index in [0.717, 1.165) is 17.7 Å². The molecule has 6 rings (SSSR count). The van der Waals surface area contributed by atoms with Gasteiger partial charge in [-0.3, -0.25) is 0 Å². The average molecular weight is 339 g/mol. The van der Waals surface area contributed by atoms with Crippen LogP contribution in [0.25, 0.3) is 21.9 Å². The first-order valence-corrected chi connectivity index (χ1v) is 9.50. The molecule has 2 nitrogen and oxygen atoms in total. The summed E-state index contributed by atoms with van der Waals surface area (Å²) in [5.74, 6) is 1.04. The Morgan fingerprint density at radius 2 is 1.73 bits per heavy atom. The largest absolute Gasteiger partial charge is 0.456 e. The minimum atomic E-state index is 0.481. The lowest BCUT2D eigenvalue weighted by Crippen LogP contribution is -2.31. The van der Waals surface area contributed by atoms with Gasteiger partial charge in [0.1, 0.15) is 11.2 Å².